The Kier molecular flexibility index (Phi) is 6.85. The number of methoxy groups -OCH3 is 2. The Morgan fingerprint density at radius 3 is 2.45 bits per heavy atom. The summed E-state index contributed by atoms with van der Waals surface area (Å²) in [6.45, 7) is 2.36. The van der Waals surface area contributed by atoms with Crippen molar-refractivity contribution in [1.82, 2.24) is 5.32 Å². The van der Waals surface area contributed by atoms with Crippen LogP contribution in [0.5, 0.6) is 5.75 Å². The maximum atomic E-state index is 13.1. The van der Waals surface area contributed by atoms with Crippen molar-refractivity contribution in [3.63, 3.8) is 0 Å². The van der Waals surface area contributed by atoms with Gasteiger partial charge in [0.15, 0.2) is 5.11 Å². The molecule has 1 unspecified atom stereocenters. The highest BCUT2D eigenvalue weighted by Gasteiger charge is 2.36. The fourth-order valence-electron chi connectivity index (χ4n) is 3.33. The molecule has 1 aliphatic heterocycles. The second-order valence-corrected chi connectivity index (χ2v) is 6.81. The first-order valence-corrected chi connectivity index (χ1v) is 9.64. The molecular weight excluding hydrogens is 388 g/mol. The Morgan fingerprint density at radius 2 is 1.76 bits per heavy atom. The minimum absolute atomic E-state index is 0.167. The summed E-state index contributed by atoms with van der Waals surface area (Å²) in [5, 5.41) is 3.79. The van der Waals surface area contributed by atoms with E-state index in [-0.39, 0.29) is 6.61 Å². The highest BCUT2D eigenvalue weighted by Crippen LogP contribution is 2.37. The van der Waals surface area contributed by atoms with E-state index in [2.05, 4.69) is 5.32 Å². The van der Waals surface area contributed by atoms with Gasteiger partial charge < -0.3 is 19.5 Å². The summed E-state index contributed by atoms with van der Waals surface area (Å²) in [7, 11) is 3.16. The van der Waals surface area contributed by atoms with Gasteiger partial charge in [0.05, 0.1) is 25.3 Å². The number of carbonyl (C=O) groups excluding carboxylic acids is 1. The fraction of sp³-hybridized carbons (Fsp3) is 0.273. The van der Waals surface area contributed by atoms with Crippen LogP contribution in [0, 0.1) is 0 Å². The molecule has 0 spiro atoms. The molecule has 2 aromatic carbocycles. The van der Waals surface area contributed by atoms with Crippen LogP contribution in [-0.2, 0) is 14.3 Å². The molecule has 0 fully saturated rings. The van der Waals surface area contributed by atoms with Crippen LogP contribution in [-0.4, -0.2) is 38.5 Å². The van der Waals surface area contributed by atoms with Gasteiger partial charge in [0.25, 0.3) is 0 Å². The van der Waals surface area contributed by atoms with Gasteiger partial charge in [-0.05, 0) is 37.3 Å². The average Bonchev–Trinajstić information content (AvgIpc) is 2.74. The van der Waals surface area contributed by atoms with Gasteiger partial charge in [-0.2, -0.15) is 0 Å². The first-order valence-electron chi connectivity index (χ1n) is 9.24. The number of hydrogen-bond donors (Lipinski definition) is 1. The fourth-order valence-corrected chi connectivity index (χ4v) is 3.69. The molecule has 29 heavy (non-hydrogen) atoms. The zero-order valence-electron chi connectivity index (χ0n) is 16.7. The number of hydrogen-bond acceptors (Lipinski definition) is 5. The molecular formula is C22H24N2O4S. The molecule has 0 radical (unpaired) electrons. The number of thiocarbonyl (C=S) groups is 1. The number of carbonyl (C=O) groups is 1. The first-order chi connectivity index (χ1) is 14.1. The van der Waals surface area contributed by atoms with Crippen molar-refractivity contribution < 1.29 is 19.0 Å². The van der Waals surface area contributed by atoms with Crippen LogP contribution >= 0.6 is 12.2 Å². The molecule has 1 heterocycles. The lowest BCUT2D eigenvalue weighted by molar-refractivity contribution is -0.140. The van der Waals surface area contributed by atoms with Crippen molar-refractivity contribution in [3.8, 4) is 5.75 Å². The molecule has 0 amide bonds. The molecule has 7 heteroatoms. The zero-order chi connectivity index (χ0) is 20.8. The van der Waals surface area contributed by atoms with Gasteiger partial charge >= 0.3 is 5.97 Å². The van der Waals surface area contributed by atoms with Crippen LogP contribution in [0.2, 0.25) is 0 Å². The van der Waals surface area contributed by atoms with E-state index in [0.717, 1.165) is 11.3 Å². The second kappa shape index (κ2) is 9.54. The van der Waals surface area contributed by atoms with Crippen molar-refractivity contribution in [2.45, 2.75) is 13.0 Å². The number of nitrogens with zero attached hydrogens (tertiary/aromatic N) is 1. The highest BCUT2D eigenvalue weighted by molar-refractivity contribution is 7.80. The summed E-state index contributed by atoms with van der Waals surface area (Å²) in [6, 6.07) is 16.7. The third kappa shape index (κ3) is 4.41. The summed E-state index contributed by atoms with van der Waals surface area (Å²) >= 11 is 5.66. The van der Waals surface area contributed by atoms with Crippen LogP contribution in [0.3, 0.4) is 0 Å². The van der Waals surface area contributed by atoms with Crippen molar-refractivity contribution in [3.05, 3.63) is 71.4 Å². The van der Waals surface area contributed by atoms with Crippen molar-refractivity contribution in [2.24, 2.45) is 0 Å². The molecule has 1 atom stereocenters. The largest absolute Gasteiger partial charge is 0.496 e. The van der Waals surface area contributed by atoms with Gasteiger partial charge in [0, 0.05) is 24.1 Å². The number of ether oxygens (including phenoxy) is 3. The van der Waals surface area contributed by atoms with Crippen LogP contribution in [0.4, 0.5) is 5.69 Å². The van der Waals surface area contributed by atoms with Crippen molar-refractivity contribution >= 4 is 29.0 Å². The second-order valence-electron chi connectivity index (χ2n) is 6.42. The summed E-state index contributed by atoms with van der Waals surface area (Å²) in [4.78, 5) is 14.9. The topological polar surface area (TPSA) is 60.0 Å². The summed E-state index contributed by atoms with van der Waals surface area (Å²) in [5.74, 6) is 0.238. The Hall–Kier alpha value is -2.90. The van der Waals surface area contributed by atoms with E-state index in [4.69, 9.17) is 26.4 Å². The summed E-state index contributed by atoms with van der Waals surface area (Å²) < 4.78 is 16.0. The summed E-state index contributed by atoms with van der Waals surface area (Å²) in [5.41, 5.74) is 2.85. The number of allylic oxidation sites excluding steroid dienone is 1. The maximum absolute atomic E-state index is 13.1. The van der Waals surface area contributed by atoms with E-state index in [1.165, 1.54) is 0 Å². The van der Waals surface area contributed by atoms with Crippen molar-refractivity contribution in [2.75, 3.05) is 32.3 Å². The SMILES string of the molecule is COCCOC(=O)C1=C(C)N(c2ccccc2)C(=S)NC1c1ccccc1OC. The molecule has 0 aliphatic carbocycles. The molecule has 0 aromatic heterocycles. The molecule has 2 aromatic rings. The van der Waals surface area contributed by atoms with Gasteiger partial charge in [-0.1, -0.05) is 36.4 Å². The van der Waals surface area contributed by atoms with Crippen LogP contribution in [0.1, 0.15) is 18.5 Å². The third-order valence-corrected chi connectivity index (χ3v) is 4.99. The van der Waals surface area contributed by atoms with Gasteiger partial charge in [0.1, 0.15) is 12.4 Å². The smallest absolute Gasteiger partial charge is 0.338 e. The van der Waals surface area contributed by atoms with Gasteiger partial charge in [-0.25, -0.2) is 4.79 Å². The highest BCUT2D eigenvalue weighted by atomic mass is 32.1. The molecule has 3 rings (SSSR count). The number of para-hydroxylation sites is 2. The van der Waals surface area contributed by atoms with E-state index in [1.807, 2.05) is 66.4 Å². The normalized spacial score (nSPS) is 16.4. The molecule has 0 saturated carbocycles. The lowest BCUT2D eigenvalue weighted by Crippen LogP contribution is -2.48. The maximum Gasteiger partial charge on any atom is 0.338 e. The predicted molar refractivity (Wildman–Crippen MR) is 116 cm³/mol. The summed E-state index contributed by atoms with van der Waals surface area (Å²) in [6.07, 6.45) is 0. The van der Waals surface area contributed by atoms with Crippen LogP contribution in [0.15, 0.2) is 65.9 Å². The van der Waals surface area contributed by atoms with E-state index in [9.17, 15) is 4.79 Å². The molecule has 1 aliphatic rings. The monoisotopic (exact) mass is 412 g/mol. The number of anilines is 1. The Bertz CT molecular complexity index is 914. The van der Waals surface area contributed by atoms with E-state index < -0.39 is 12.0 Å². The Labute approximate surface area is 176 Å². The number of nitrogens with one attached hydrogen (secondary N) is 1. The van der Waals surface area contributed by atoms with Gasteiger partial charge in [-0.15, -0.1) is 0 Å². The minimum atomic E-state index is -0.492. The van der Waals surface area contributed by atoms with Gasteiger partial charge in [0.2, 0.25) is 0 Å². The molecule has 6 nitrogen and oxygen atoms in total. The van der Waals surface area contributed by atoms with Crippen LogP contribution in [0.25, 0.3) is 0 Å². The standard InChI is InChI=1S/C22H24N2O4S/c1-15-19(21(25)28-14-13-26-2)20(17-11-7-8-12-18(17)27-3)23-22(29)24(15)16-9-5-4-6-10-16/h4-12,20H,13-14H2,1-3H3,(H,23,29). The lowest BCUT2D eigenvalue weighted by Gasteiger charge is -2.37. The lowest BCUT2D eigenvalue weighted by atomic mass is 9.94. The molecule has 0 saturated heterocycles. The van der Waals surface area contributed by atoms with Crippen LogP contribution < -0.4 is 15.0 Å². The van der Waals surface area contributed by atoms with E-state index in [0.29, 0.717) is 28.7 Å². The third-order valence-electron chi connectivity index (χ3n) is 4.69. The Balaban J connectivity index is 2.09. The van der Waals surface area contributed by atoms with Gasteiger partial charge in [-0.3, -0.25) is 4.90 Å². The molecule has 152 valence electrons. The quantitative estimate of drug-likeness (QED) is 0.424. The Morgan fingerprint density at radius 1 is 1.07 bits per heavy atom. The molecule has 1 N–H and O–H groups in total. The van der Waals surface area contributed by atoms with Crippen molar-refractivity contribution in [1.29, 1.82) is 0 Å². The number of benzene rings is 2. The predicted octanol–water partition coefficient (Wildman–Crippen LogP) is 3.59. The first kappa shape index (κ1) is 20.8. The zero-order valence-corrected chi connectivity index (χ0v) is 17.5. The van der Waals surface area contributed by atoms with E-state index >= 15 is 0 Å². The molecule has 0 bridgehead atoms. The minimum Gasteiger partial charge on any atom is -0.496 e. The average molecular weight is 413 g/mol. The van der Waals surface area contributed by atoms with E-state index in [1.54, 1.807) is 14.2 Å². The number of rotatable bonds is 7. The number of esters is 1.